The number of halogens is 1. The van der Waals surface area contributed by atoms with Gasteiger partial charge in [0, 0.05) is 16.7 Å². The van der Waals surface area contributed by atoms with Gasteiger partial charge in [0.25, 0.3) is 0 Å². The third-order valence-electron chi connectivity index (χ3n) is 1.79. The van der Waals surface area contributed by atoms with Gasteiger partial charge in [-0.25, -0.2) is 4.79 Å². The van der Waals surface area contributed by atoms with Crippen LogP contribution in [0, 0.1) is 0 Å². The van der Waals surface area contributed by atoms with Crippen molar-refractivity contribution in [1.82, 2.24) is 0 Å². The number of hydrogen-bond donors (Lipinski definition) is 0. The van der Waals surface area contributed by atoms with Gasteiger partial charge < -0.3 is 4.74 Å². The summed E-state index contributed by atoms with van der Waals surface area (Å²) in [7, 11) is 0. The Bertz CT molecular complexity index is 424. The minimum Gasteiger partial charge on any atom is -0.454 e. The number of benzene rings is 1. The lowest BCUT2D eigenvalue weighted by molar-refractivity contribution is -0.136. The smallest absolute Gasteiger partial charge is 0.330 e. The average molecular weight is 239 g/mol. The van der Waals surface area contributed by atoms with Crippen LogP contribution in [0.2, 0.25) is 5.02 Å². The van der Waals surface area contributed by atoms with Crippen molar-refractivity contribution in [3.05, 3.63) is 47.0 Å². The molecule has 0 unspecified atom stereocenters. The van der Waals surface area contributed by atoms with E-state index in [9.17, 15) is 9.59 Å². The number of allylic oxidation sites excluding steroid dienone is 1. The summed E-state index contributed by atoms with van der Waals surface area (Å²) >= 11 is 5.73. The summed E-state index contributed by atoms with van der Waals surface area (Å²) in [5.41, 5.74) is 0.431. The minimum absolute atomic E-state index is 0.274. The molecule has 0 saturated heterocycles. The van der Waals surface area contributed by atoms with Crippen LogP contribution in [0.4, 0.5) is 0 Å². The van der Waals surface area contributed by atoms with E-state index in [1.807, 2.05) is 0 Å². The normalized spacial score (nSPS) is 10.4. The van der Waals surface area contributed by atoms with Gasteiger partial charge in [-0.15, -0.1) is 0 Å². The molecule has 16 heavy (non-hydrogen) atoms. The Kier molecular flexibility index (Phi) is 4.73. The zero-order chi connectivity index (χ0) is 12.0. The molecule has 4 heteroatoms. The molecule has 0 bridgehead atoms. The van der Waals surface area contributed by atoms with Crippen LogP contribution in [0.25, 0.3) is 0 Å². The lowest BCUT2D eigenvalue weighted by Gasteiger charge is -2.01. The van der Waals surface area contributed by atoms with Crippen molar-refractivity contribution in [3.63, 3.8) is 0 Å². The van der Waals surface area contributed by atoms with E-state index in [1.165, 1.54) is 12.1 Å². The Hall–Kier alpha value is -1.61. The Labute approximate surface area is 98.7 Å². The van der Waals surface area contributed by atoms with Crippen molar-refractivity contribution in [2.45, 2.75) is 6.92 Å². The van der Waals surface area contributed by atoms with Crippen LogP contribution in [-0.2, 0) is 9.53 Å². The highest BCUT2D eigenvalue weighted by molar-refractivity contribution is 6.31. The fraction of sp³-hybridized carbons (Fsp3) is 0.167. The van der Waals surface area contributed by atoms with Crippen LogP contribution < -0.4 is 0 Å². The fourth-order valence-electron chi connectivity index (χ4n) is 1.07. The molecule has 0 aromatic heterocycles. The first-order valence-electron chi connectivity index (χ1n) is 4.71. The second-order valence-electron chi connectivity index (χ2n) is 3.04. The van der Waals surface area contributed by atoms with Gasteiger partial charge in [0.1, 0.15) is 0 Å². The quantitative estimate of drug-likeness (QED) is 0.460. The summed E-state index contributed by atoms with van der Waals surface area (Å²) in [6.07, 6.45) is 2.80. The first kappa shape index (κ1) is 12.5. The van der Waals surface area contributed by atoms with Crippen molar-refractivity contribution >= 4 is 23.4 Å². The molecule has 84 valence electrons. The zero-order valence-corrected chi connectivity index (χ0v) is 9.53. The molecule has 1 aromatic carbocycles. The molecular weight excluding hydrogens is 228 g/mol. The van der Waals surface area contributed by atoms with Gasteiger partial charge in [-0.05, 0) is 19.1 Å². The SMILES string of the molecule is CC=CC(=O)OCC(=O)c1cccc(Cl)c1. The van der Waals surface area contributed by atoms with E-state index in [0.717, 1.165) is 0 Å². The van der Waals surface area contributed by atoms with Gasteiger partial charge in [0.15, 0.2) is 12.4 Å². The van der Waals surface area contributed by atoms with E-state index in [-0.39, 0.29) is 12.4 Å². The van der Waals surface area contributed by atoms with Gasteiger partial charge in [0.2, 0.25) is 0 Å². The Morgan fingerprint density at radius 1 is 1.44 bits per heavy atom. The van der Waals surface area contributed by atoms with Crippen LogP contribution in [0.1, 0.15) is 17.3 Å². The second-order valence-corrected chi connectivity index (χ2v) is 3.48. The number of esters is 1. The summed E-state index contributed by atoms with van der Waals surface area (Å²) in [6.45, 7) is 1.42. The van der Waals surface area contributed by atoms with Gasteiger partial charge in [-0.1, -0.05) is 29.8 Å². The van der Waals surface area contributed by atoms with Crippen LogP contribution in [0.3, 0.4) is 0 Å². The molecule has 0 amide bonds. The summed E-state index contributed by atoms with van der Waals surface area (Å²) < 4.78 is 4.72. The van der Waals surface area contributed by atoms with Gasteiger partial charge >= 0.3 is 5.97 Å². The van der Waals surface area contributed by atoms with Crippen LogP contribution in [-0.4, -0.2) is 18.4 Å². The highest BCUT2D eigenvalue weighted by atomic mass is 35.5. The monoisotopic (exact) mass is 238 g/mol. The lowest BCUT2D eigenvalue weighted by Crippen LogP contribution is -2.12. The fourth-order valence-corrected chi connectivity index (χ4v) is 1.26. The molecule has 0 aliphatic carbocycles. The molecule has 0 aliphatic rings. The number of hydrogen-bond acceptors (Lipinski definition) is 3. The lowest BCUT2D eigenvalue weighted by atomic mass is 10.1. The van der Waals surface area contributed by atoms with Gasteiger partial charge in [-0.3, -0.25) is 4.79 Å². The number of Topliss-reactive ketones (excluding diaryl/α,β-unsaturated/α-hetero) is 1. The van der Waals surface area contributed by atoms with Crippen molar-refractivity contribution in [2.24, 2.45) is 0 Å². The Balaban J connectivity index is 2.56. The molecule has 0 fully saturated rings. The molecule has 3 nitrogen and oxygen atoms in total. The van der Waals surface area contributed by atoms with E-state index in [0.29, 0.717) is 10.6 Å². The minimum atomic E-state index is -0.530. The van der Waals surface area contributed by atoms with Crippen molar-refractivity contribution in [3.8, 4) is 0 Å². The Morgan fingerprint density at radius 3 is 2.81 bits per heavy atom. The number of ketones is 1. The summed E-state index contributed by atoms with van der Waals surface area (Å²) in [5.74, 6) is -0.807. The molecule has 0 atom stereocenters. The molecule has 0 spiro atoms. The molecule has 0 heterocycles. The molecular formula is C12H11ClO3. The van der Waals surface area contributed by atoms with E-state index in [1.54, 1.807) is 31.2 Å². The van der Waals surface area contributed by atoms with Crippen molar-refractivity contribution in [1.29, 1.82) is 0 Å². The maximum absolute atomic E-state index is 11.5. The third-order valence-corrected chi connectivity index (χ3v) is 2.03. The molecule has 0 N–H and O–H groups in total. The average Bonchev–Trinajstić information content (AvgIpc) is 2.26. The maximum atomic E-state index is 11.5. The summed E-state index contributed by atoms with van der Waals surface area (Å²) in [5, 5.41) is 0.477. The largest absolute Gasteiger partial charge is 0.454 e. The number of rotatable bonds is 4. The molecule has 1 aromatic rings. The molecule has 0 aliphatic heterocycles. The highest BCUT2D eigenvalue weighted by Gasteiger charge is 2.08. The topological polar surface area (TPSA) is 43.4 Å². The first-order valence-corrected chi connectivity index (χ1v) is 5.09. The van der Waals surface area contributed by atoms with E-state index in [4.69, 9.17) is 16.3 Å². The highest BCUT2D eigenvalue weighted by Crippen LogP contribution is 2.11. The zero-order valence-electron chi connectivity index (χ0n) is 8.77. The second kappa shape index (κ2) is 6.08. The molecule has 0 saturated carbocycles. The molecule has 0 radical (unpaired) electrons. The van der Waals surface area contributed by atoms with E-state index >= 15 is 0 Å². The van der Waals surface area contributed by atoms with Crippen LogP contribution in [0.5, 0.6) is 0 Å². The first-order chi connectivity index (χ1) is 7.63. The van der Waals surface area contributed by atoms with Gasteiger partial charge in [-0.2, -0.15) is 0 Å². The Morgan fingerprint density at radius 2 is 2.19 bits per heavy atom. The predicted molar refractivity (Wildman–Crippen MR) is 61.6 cm³/mol. The van der Waals surface area contributed by atoms with Crippen molar-refractivity contribution < 1.29 is 14.3 Å². The number of carbonyl (C=O) groups excluding carboxylic acids is 2. The number of carbonyl (C=O) groups is 2. The summed E-state index contributed by atoms with van der Waals surface area (Å²) in [4.78, 5) is 22.5. The van der Waals surface area contributed by atoms with Crippen molar-refractivity contribution in [2.75, 3.05) is 6.61 Å². The molecule has 1 rings (SSSR count). The summed E-state index contributed by atoms with van der Waals surface area (Å²) in [6, 6.07) is 6.50. The standard InChI is InChI=1S/C12H11ClO3/c1-2-4-12(15)16-8-11(14)9-5-3-6-10(13)7-9/h2-7H,8H2,1H3. The van der Waals surface area contributed by atoms with Crippen LogP contribution >= 0.6 is 11.6 Å². The predicted octanol–water partition coefficient (Wildman–Crippen LogP) is 2.64. The third kappa shape index (κ3) is 3.87. The van der Waals surface area contributed by atoms with E-state index in [2.05, 4.69) is 0 Å². The maximum Gasteiger partial charge on any atom is 0.330 e. The van der Waals surface area contributed by atoms with Crippen LogP contribution in [0.15, 0.2) is 36.4 Å². The van der Waals surface area contributed by atoms with E-state index < -0.39 is 5.97 Å². The number of ether oxygens (including phenoxy) is 1. The van der Waals surface area contributed by atoms with Gasteiger partial charge in [0.05, 0.1) is 0 Å².